The minimum atomic E-state index is -0.461. The molecular weight excluding hydrogens is 872 g/mol. The molecule has 0 radical (unpaired) electrons. The van der Waals surface area contributed by atoms with Crippen LogP contribution < -0.4 is 11.5 Å². The molecule has 0 atom stereocenters. The normalized spacial score (nSPS) is 12.6. The van der Waals surface area contributed by atoms with E-state index in [-0.39, 0.29) is 12.2 Å². The van der Waals surface area contributed by atoms with Crippen molar-refractivity contribution in [2.24, 2.45) is 11.5 Å². The van der Waals surface area contributed by atoms with Crippen molar-refractivity contribution in [1.82, 2.24) is 38.5 Å². The number of nitrogens with two attached hydrogens (primary N) is 2. The first-order chi connectivity index (χ1) is 29.6. The van der Waals surface area contributed by atoms with Gasteiger partial charge in [0.25, 0.3) is 0 Å². The van der Waals surface area contributed by atoms with Crippen LogP contribution in [-0.4, -0.2) is 93.9 Å². The van der Waals surface area contributed by atoms with Gasteiger partial charge in [-0.3, -0.25) is 9.97 Å². The summed E-state index contributed by atoms with van der Waals surface area (Å²) in [5.74, 6) is 0.569. The van der Waals surface area contributed by atoms with Gasteiger partial charge in [0.2, 0.25) is 0 Å². The zero-order valence-electron chi connectivity index (χ0n) is 36.9. The summed E-state index contributed by atoms with van der Waals surface area (Å²) in [6.45, 7) is 17.8. The molecule has 8 rings (SSSR count). The second-order valence-corrected chi connectivity index (χ2v) is 17.1. The number of hydrogen-bond acceptors (Lipinski definition) is 8. The Morgan fingerprint density at radius 1 is 0.710 bits per heavy atom. The molecule has 2 amide bonds. The van der Waals surface area contributed by atoms with Crippen LogP contribution in [0.3, 0.4) is 0 Å². The Bertz CT molecular complexity index is 2060. The lowest BCUT2D eigenvalue weighted by Gasteiger charge is -2.31. The van der Waals surface area contributed by atoms with Crippen LogP contribution in [0.15, 0.2) is 133 Å². The second kappa shape index (κ2) is 26.9. The minimum Gasteiger partial charge on any atom is -0.444 e. The number of halogens is 2. The van der Waals surface area contributed by atoms with Crippen LogP contribution >= 0.6 is 27.5 Å². The Balaban J connectivity index is 0.000000222. The molecule has 2 aliphatic rings. The molecule has 16 heteroatoms. The zero-order chi connectivity index (χ0) is 45.4. The third-order valence-corrected chi connectivity index (χ3v) is 9.21. The number of hydrogen-bond donors (Lipinski definition) is 3. The predicted molar refractivity (Wildman–Crippen MR) is 251 cm³/mol. The number of rotatable bonds is 4. The Hall–Kier alpha value is -5.35. The summed E-state index contributed by atoms with van der Waals surface area (Å²) in [7, 11) is 0. The number of H-pyrrole nitrogens is 1. The summed E-state index contributed by atoms with van der Waals surface area (Å²) in [5.41, 5.74) is 13.8. The lowest BCUT2D eigenvalue weighted by molar-refractivity contribution is 0.0189. The minimum absolute atomic E-state index is 0.222. The van der Waals surface area contributed by atoms with Crippen LogP contribution in [0.4, 0.5) is 9.59 Å². The Kier molecular flexibility index (Phi) is 22.1. The van der Waals surface area contributed by atoms with E-state index in [0.29, 0.717) is 38.6 Å². The van der Waals surface area contributed by atoms with Crippen LogP contribution in [-0.2, 0) is 42.2 Å². The third-order valence-electron chi connectivity index (χ3n) is 8.46. The van der Waals surface area contributed by atoms with Gasteiger partial charge in [-0.05, 0) is 114 Å². The van der Waals surface area contributed by atoms with Gasteiger partial charge < -0.3 is 49.4 Å². The van der Waals surface area contributed by atoms with Crippen molar-refractivity contribution in [3.8, 4) is 11.3 Å². The summed E-state index contributed by atoms with van der Waals surface area (Å²) < 4.78 is 18.3. The Morgan fingerprint density at radius 3 is 1.79 bits per heavy atom. The number of fused-ring (bicyclic) bond motifs is 2. The average Bonchev–Trinajstić information content (AvgIpc) is 4.10. The van der Waals surface area contributed by atoms with E-state index in [1.54, 1.807) is 28.4 Å². The number of amides is 2. The molecule has 0 spiro atoms. The molecule has 336 valence electrons. The number of carbonyl (C=O) groups is 2. The number of carbonyl (C=O) groups excluding carboxylic acids is 2. The van der Waals surface area contributed by atoms with Gasteiger partial charge in [-0.15, -0.1) is 11.6 Å². The molecule has 0 bridgehead atoms. The molecule has 62 heavy (non-hydrogen) atoms. The van der Waals surface area contributed by atoms with E-state index in [1.165, 1.54) is 0 Å². The van der Waals surface area contributed by atoms with Crippen molar-refractivity contribution < 1.29 is 19.1 Å². The molecule has 6 aromatic heterocycles. The largest absolute Gasteiger partial charge is 0.444 e. The number of alkyl halides is 1. The quantitative estimate of drug-likeness (QED) is 0.147. The monoisotopic (exact) mass is 934 g/mol. The molecule has 5 N–H and O–H groups in total. The fourth-order valence-electron chi connectivity index (χ4n) is 5.73. The van der Waals surface area contributed by atoms with Crippen LogP contribution in [0.2, 0.25) is 0 Å². The molecule has 0 saturated carbocycles. The third kappa shape index (κ3) is 19.6. The highest BCUT2D eigenvalue weighted by Crippen LogP contribution is 2.26. The van der Waals surface area contributed by atoms with Crippen molar-refractivity contribution in [1.29, 1.82) is 0 Å². The molecule has 6 aromatic rings. The maximum atomic E-state index is 12.2. The van der Waals surface area contributed by atoms with E-state index in [0.717, 1.165) is 53.3 Å². The van der Waals surface area contributed by atoms with Gasteiger partial charge in [0, 0.05) is 135 Å². The molecule has 0 aromatic carbocycles. The number of aromatic amines is 1. The van der Waals surface area contributed by atoms with Crippen molar-refractivity contribution in [2.45, 2.75) is 85.5 Å². The van der Waals surface area contributed by atoms with E-state index >= 15 is 0 Å². The topological polar surface area (TPSA) is 167 Å². The van der Waals surface area contributed by atoms with Crippen molar-refractivity contribution in [3.05, 3.63) is 144 Å². The van der Waals surface area contributed by atoms with Gasteiger partial charge in [-0.2, -0.15) is 0 Å². The van der Waals surface area contributed by atoms with E-state index in [2.05, 4.69) is 62.8 Å². The van der Waals surface area contributed by atoms with Crippen LogP contribution in [0.25, 0.3) is 11.3 Å². The van der Waals surface area contributed by atoms with Crippen LogP contribution in [0.5, 0.6) is 0 Å². The highest BCUT2D eigenvalue weighted by molar-refractivity contribution is 9.10. The number of nitrogens with zero attached hydrogens (tertiary/aromatic N) is 7. The van der Waals surface area contributed by atoms with Gasteiger partial charge in [-0.25, -0.2) is 9.59 Å². The van der Waals surface area contributed by atoms with E-state index in [1.807, 2.05) is 133 Å². The predicted octanol–water partition coefficient (Wildman–Crippen LogP) is 9.03. The SMILES string of the molecule is Brc1ccncc1.CC(C)(C)OC(=O)N1CCn2c(ccc2-c2cccnc2)C1.CC(C)(C)OC(=O)N1CCn2cccc2C1.NCCCl.NCCn1cccc1.c1cc[nH]c1. The lowest BCUT2D eigenvalue weighted by Crippen LogP contribution is -2.41. The van der Waals surface area contributed by atoms with Crippen molar-refractivity contribution in [3.63, 3.8) is 0 Å². The highest BCUT2D eigenvalue weighted by Gasteiger charge is 2.27. The van der Waals surface area contributed by atoms with Gasteiger partial charge >= 0.3 is 12.2 Å². The average molecular weight is 936 g/mol. The lowest BCUT2D eigenvalue weighted by atomic mass is 10.2. The van der Waals surface area contributed by atoms with Crippen molar-refractivity contribution in [2.75, 3.05) is 32.1 Å². The number of nitrogens with one attached hydrogen (secondary N) is 1. The van der Waals surface area contributed by atoms with E-state index in [9.17, 15) is 9.59 Å². The molecular formula is C46H64BrClN10O4. The van der Waals surface area contributed by atoms with Gasteiger partial charge in [0.1, 0.15) is 11.2 Å². The van der Waals surface area contributed by atoms with E-state index < -0.39 is 11.2 Å². The molecule has 2 aliphatic heterocycles. The zero-order valence-corrected chi connectivity index (χ0v) is 39.2. The fraction of sp³-hybridized carbons (Fsp3) is 0.391. The molecule has 0 aliphatic carbocycles. The summed E-state index contributed by atoms with van der Waals surface area (Å²) >= 11 is 8.33. The fourth-order valence-corrected chi connectivity index (χ4v) is 5.97. The summed E-state index contributed by atoms with van der Waals surface area (Å²) in [4.78, 5) is 38.4. The molecule has 14 nitrogen and oxygen atoms in total. The molecule has 0 fully saturated rings. The smallest absolute Gasteiger partial charge is 0.410 e. The second-order valence-electron chi connectivity index (χ2n) is 15.8. The number of pyridine rings is 2. The first-order valence-corrected chi connectivity index (χ1v) is 21.9. The Morgan fingerprint density at radius 2 is 1.31 bits per heavy atom. The first-order valence-electron chi connectivity index (χ1n) is 20.5. The molecule has 8 heterocycles. The van der Waals surface area contributed by atoms with Gasteiger partial charge in [0.15, 0.2) is 0 Å². The number of aromatic nitrogens is 6. The molecule has 0 saturated heterocycles. The van der Waals surface area contributed by atoms with E-state index in [4.69, 9.17) is 32.5 Å². The summed E-state index contributed by atoms with van der Waals surface area (Å²) in [6, 6.07) is 23.8. The standard InChI is InChI=1S/C17H21N3O2.C12H18N2O2.C6H10N2.C5H4BrN.C4H5N.C2H6ClN/c1-17(2,3)22-16(21)19-9-10-20-14(12-19)6-7-15(20)13-5-4-8-18-11-13;1-12(2,3)16-11(15)14-8-7-13-6-4-5-10(13)9-14;7-3-6-8-4-1-2-5-8;6-5-1-3-7-4-2-5;1-2-4-5-3-1;3-1-2-4/h4-8,11H,9-10,12H2,1-3H3;4-6H,7-9H2,1-3H3;1-2,4-5H,3,6-7H2;1-4H;1-5H;1-2,4H2. The summed E-state index contributed by atoms with van der Waals surface area (Å²) in [5, 5.41) is 0. The van der Waals surface area contributed by atoms with Gasteiger partial charge in [0.05, 0.1) is 13.1 Å². The van der Waals surface area contributed by atoms with Gasteiger partial charge in [-0.1, -0.05) is 15.9 Å². The van der Waals surface area contributed by atoms with Crippen LogP contribution in [0, 0.1) is 0 Å². The molecule has 0 unspecified atom stereocenters. The highest BCUT2D eigenvalue weighted by atomic mass is 79.9. The number of ether oxygens (including phenoxy) is 2. The van der Waals surface area contributed by atoms with Crippen molar-refractivity contribution >= 4 is 39.7 Å². The maximum Gasteiger partial charge on any atom is 0.410 e. The maximum absolute atomic E-state index is 12.2. The first kappa shape index (κ1) is 51.0. The summed E-state index contributed by atoms with van der Waals surface area (Å²) in [6.07, 6.45) is 16.5. The Labute approximate surface area is 380 Å². The van der Waals surface area contributed by atoms with Crippen LogP contribution in [0.1, 0.15) is 52.9 Å².